The van der Waals surface area contributed by atoms with Gasteiger partial charge in [0.1, 0.15) is 110 Å². The summed E-state index contributed by atoms with van der Waals surface area (Å²) >= 11 is 0. The van der Waals surface area contributed by atoms with Crippen molar-refractivity contribution in [2.45, 2.75) is 266 Å². The summed E-state index contributed by atoms with van der Waals surface area (Å²) in [5.74, 6) is -0.929. The Labute approximate surface area is 499 Å². The van der Waals surface area contributed by atoms with Gasteiger partial charge in [0, 0.05) is 5.41 Å². The lowest BCUT2D eigenvalue weighted by atomic mass is 9.33. The predicted octanol–water partition coefficient (Wildman–Crippen LogP) is -3.57. The summed E-state index contributed by atoms with van der Waals surface area (Å²) in [6, 6.07) is 0. The van der Waals surface area contributed by atoms with Gasteiger partial charge in [-0.2, -0.15) is 0 Å². The van der Waals surface area contributed by atoms with Crippen LogP contribution >= 0.6 is 0 Å². The van der Waals surface area contributed by atoms with Crippen LogP contribution in [-0.4, -0.2) is 274 Å². The van der Waals surface area contributed by atoms with E-state index in [2.05, 4.69) is 40.7 Å². The minimum absolute atomic E-state index is 0.0885. The Morgan fingerprint density at radius 1 is 0.558 bits per heavy atom. The Bertz CT molecular complexity index is 2380. The highest BCUT2D eigenvalue weighted by Crippen LogP contribution is 2.76. The van der Waals surface area contributed by atoms with Gasteiger partial charge in [-0.1, -0.05) is 53.2 Å². The Kier molecular flexibility index (Phi) is 19.4. The topological polar surface area (TPSA) is 433 Å². The number of carbonyl (C=O) groups is 1. The number of esters is 1. The quantitative estimate of drug-likeness (QED) is 0.0454. The second-order valence-electron chi connectivity index (χ2n) is 28.5. The number of ether oxygens (including phenoxy) is 10. The molecule has 5 unspecified atom stereocenters. The molecule has 27 heteroatoms. The first-order chi connectivity index (χ1) is 40.4. The Balaban J connectivity index is 0.849. The van der Waals surface area contributed by atoms with Crippen molar-refractivity contribution >= 4 is 5.97 Å². The van der Waals surface area contributed by atoms with Gasteiger partial charge in [0.25, 0.3) is 0 Å². The molecule has 494 valence electrons. The van der Waals surface area contributed by atoms with E-state index in [-0.39, 0.29) is 47.2 Å². The van der Waals surface area contributed by atoms with Crippen LogP contribution in [0.3, 0.4) is 0 Å². The van der Waals surface area contributed by atoms with Gasteiger partial charge in [0.15, 0.2) is 25.2 Å². The monoisotopic (exact) mass is 1240 g/mol. The maximum absolute atomic E-state index is 15.1. The molecule has 16 N–H and O–H groups in total. The molecule has 86 heavy (non-hydrogen) atoms. The van der Waals surface area contributed by atoms with Crippen molar-refractivity contribution in [3.05, 3.63) is 11.6 Å². The van der Waals surface area contributed by atoms with E-state index in [0.29, 0.717) is 57.8 Å². The van der Waals surface area contributed by atoms with E-state index in [1.165, 1.54) is 12.5 Å². The third-order valence-corrected chi connectivity index (χ3v) is 23.2. The lowest BCUT2D eigenvalue weighted by Crippen LogP contribution is -2.67. The summed E-state index contributed by atoms with van der Waals surface area (Å²) < 4.78 is 59.5. The number of aliphatic hydroxyl groups is 16. The number of rotatable bonds is 14. The summed E-state index contributed by atoms with van der Waals surface area (Å²) in [7, 11) is 0. The lowest BCUT2D eigenvalue weighted by Gasteiger charge is -2.71. The van der Waals surface area contributed by atoms with E-state index in [9.17, 15) is 81.7 Å². The van der Waals surface area contributed by atoms with Gasteiger partial charge < -0.3 is 129 Å². The maximum atomic E-state index is 15.1. The first-order valence-corrected chi connectivity index (χ1v) is 30.8. The molecule has 9 fully saturated rings. The van der Waals surface area contributed by atoms with Gasteiger partial charge in [-0.25, -0.2) is 0 Å². The van der Waals surface area contributed by atoms with Crippen molar-refractivity contribution in [3.8, 4) is 0 Å². The molecule has 4 saturated carbocycles. The summed E-state index contributed by atoms with van der Waals surface area (Å²) in [5.41, 5.74) is -2.07. The highest BCUT2D eigenvalue weighted by Gasteiger charge is 2.71. The SMILES string of the molecule is C[C@@H]1O[C@@H](O[C@H]2[C@H](O[C@H]3CC[C@@]4(C)C(CC[C@]5(C)C4CC=C4C6CC(C)(C)CC[C@]6(C(=O)O[C@@H]6O[C@H](COC7O[C@H](CO)[C@@H](O)[C@H](O)[C@H]7O)[C@@H](O)[C@H](O)[C@H]6O)CCC45C)[C@]3(C)CO)OC[C@H](O)[C@@H]2O)[C@H](O)[C@H](O[C@@H]2O[C@H](CO)[C@@H](O)[C@H](O)[C@H]2O)[C@H]1O. The van der Waals surface area contributed by atoms with Crippen LogP contribution in [0.15, 0.2) is 11.6 Å². The molecular formula is C59H96O27. The molecule has 33 atom stereocenters. The molecule has 5 aliphatic heterocycles. The minimum atomic E-state index is -1.87. The number of aliphatic hydroxyl groups excluding tert-OH is 16. The zero-order chi connectivity index (χ0) is 62.7. The number of hydrogen-bond acceptors (Lipinski definition) is 27. The molecule has 0 bridgehead atoms. The van der Waals surface area contributed by atoms with Crippen LogP contribution in [0.5, 0.6) is 0 Å². The van der Waals surface area contributed by atoms with Crippen molar-refractivity contribution in [2.24, 2.45) is 50.2 Å². The Hall–Kier alpha value is -1.79. The molecule has 0 aromatic carbocycles. The van der Waals surface area contributed by atoms with Crippen molar-refractivity contribution < 1.29 is 134 Å². The highest BCUT2D eigenvalue weighted by molar-refractivity contribution is 5.79. The van der Waals surface area contributed by atoms with E-state index < -0.39 is 196 Å². The second-order valence-corrected chi connectivity index (χ2v) is 28.5. The fraction of sp³-hybridized carbons (Fsp3) is 0.949. The molecule has 0 amide bonds. The van der Waals surface area contributed by atoms with Gasteiger partial charge in [-0.15, -0.1) is 0 Å². The van der Waals surface area contributed by atoms with Crippen LogP contribution in [0.2, 0.25) is 0 Å². The van der Waals surface area contributed by atoms with E-state index in [4.69, 9.17) is 47.4 Å². The second kappa shape index (κ2) is 24.9. The molecular weight excluding hydrogens is 1140 g/mol. The van der Waals surface area contributed by atoms with Crippen LogP contribution in [0.4, 0.5) is 0 Å². The average molecular weight is 1240 g/mol. The third-order valence-electron chi connectivity index (χ3n) is 23.2. The van der Waals surface area contributed by atoms with Crippen LogP contribution in [-0.2, 0) is 52.2 Å². The van der Waals surface area contributed by atoms with Crippen LogP contribution < -0.4 is 0 Å². The smallest absolute Gasteiger partial charge is 0.315 e. The van der Waals surface area contributed by atoms with Crippen LogP contribution in [0.25, 0.3) is 0 Å². The van der Waals surface area contributed by atoms with Crippen molar-refractivity contribution in [1.82, 2.24) is 0 Å². The van der Waals surface area contributed by atoms with Gasteiger partial charge in [-0.3, -0.25) is 4.79 Å². The standard InChI is InChI=1S/C59H96O27/c1-24-34(64)46(84-49-43(73)40(70)37(67)29(20-61)81-49)45(75)51(79-24)85-47-35(65)27(63)21-77-52(47)83-33-11-12-55(4)31(56(33,5)23-62)10-13-58(7)32(55)9-8-25-26-18-54(2,3)14-16-59(26,17-15-57(25,58)6)53(76)86-50-44(74)41(71)38(68)30(82-50)22-78-48-42(72)39(69)36(66)28(19-60)80-48/h8,24,26-52,60-75H,9-23H2,1-7H3/t24-,26?,27-,28+,29+,30+,31?,32?,33-,34-,35-,36+,37+,38+,39-,40-,41-,42+,43+,44+,45+,46+,47+,48?,49-,50-,51-,52-,55-,56-,57?,58+,59-/m0/s1. The third kappa shape index (κ3) is 11.2. The summed E-state index contributed by atoms with van der Waals surface area (Å²) in [4.78, 5) is 15.1. The van der Waals surface area contributed by atoms with Gasteiger partial charge in [0.05, 0.1) is 50.7 Å². The molecule has 5 saturated heterocycles. The highest BCUT2D eigenvalue weighted by atomic mass is 16.8. The molecule has 0 aromatic heterocycles. The lowest BCUT2D eigenvalue weighted by molar-refractivity contribution is -0.383. The molecule has 10 aliphatic rings. The van der Waals surface area contributed by atoms with Crippen molar-refractivity contribution in [3.63, 3.8) is 0 Å². The molecule has 0 aromatic rings. The maximum Gasteiger partial charge on any atom is 0.315 e. The van der Waals surface area contributed by atoms with E-state index in [1.54, 1.807) is 0 Å². The van der Waals surface area contributed by atoms with Crippen LogP contribution in [0, 0.1) is 50.2 Å². The van der Waals surface area contributed by atoms with Crippen LogP contribution in [0.1, 0.15) is 113 Å². The van der Waals surface area contributed by atoms with E-state index in [0.717, 1.165) is 6.42 Å². The van der Waals surface area contributed by atoms with Gasteiger partial charge in [0.2, 0.25) is 6.29 Å². The number of allylic oxidation sites excluding steroid dienone is 2. The number of fused-ring (bicyclic) bond motifs is 7. The molecule has 5 aliphatic carbocycles. The molecule has 10 rings (SSSR count). The van der Waals surface area contributed by atoms with Gasteiger partial charge >= 0.3 is 5.97 Å². The largest absolute Gasteiger partial charge is 0.432 e. The summed E-state index contributed by atoms with van der Waals surface area (Å²) in [5, 5.41) is 172. The fourth-order valence-electron chi connectivity index (χ4n) is 17.6. The Morgan fingerprint density at radius 2 is 1.13 bits per heavy atom. The average Bonchev–Trinajstić information content (AvgIpc) is 0.689. The first-order valence-electron chi connectivity index (χ1n) is 30.8. The molecule has 5 heterocycles. The zero-order valence-electron chi connectivity index (χ0n) is 50.0. The van der Waals surface area contributed by atoms with Crippen molar-refractivity contribution in [2.75, 3.05) is 33.0 Å². The van der Waals surface area contributed by atoms with E-state index >= 15 is 4.79 Å². The first kappa shape index (κ1) is 67.1. The van der Waals surface area contributed by atoms with Crippen molar-refractivity contribution in [1.29, 1.82) is 0 Å². The normalized spacial score (nSPS) is 54.8. The minimum Gasteiger partial charge on any atom is -0.432 e. The number of hydrogen-bond donors (Lipinski definition) is 16. The van der Waals surface area contributed by atoms with Gasteiger partial charge in [-0.05, 0) is 111 Å². The molecule has 27 nitrogen and oxygen atoms in total. The number of carbonyl (C=O) groups excluding carboxylic acids is 1. The fourth-order valence-corrected chi connectivity index (χ4v) is 17.6. The molecule has 0 radical (unpaired) electrons. The summed E-state index contributed by atoms with van der Waals surface area (Å²) in [6.45, 7) is 12.1. The predicted molar refractivity (Wildman–Crippen MR) is 289 cm³/mol. The zero-order valence-corrected chi connectivity index (χ0v) is 50.0. The summed E-state index contributed by atoms with van der Waals surface area (Å²) in [6.07, 6.45) is -31.4. The Morgan fingerprint density at radius 3 is 1.77 bits per heavy atom. The molecule has 0 spiro atoms. The van der Waals surface area contributed by atoms with E-state index in [1.807, 2.05) is 6.92 Å².